The van der Waals surface area contributed by atoms with Gasteiger partial charge in [-0.1, -0.05) is 0 Å². The molecule has 1 aromatic rings. The van der Waals surface area contributed by atoms with Gasteiger partial charge in [0.05, 0.1) is 5.56 Å². The van der Waals surface area contributed by atoms with Crippen LogP contribution in [0.1, 0.15) is 16.8 Å². The molecule has 1 aliphatic rings. The molecule has 98 valence electrons. The zero-order valence-corrected chi connectivity index (χ0v) is 11.2. The van der Waals surface area contributed by atoms with Gasteiger partial charge in [-0.25, -0.2) is 4.98 Å². The fourth-order valence-electron chi connectivity index (χ4n) is 2.20. The van der Waals surface area contributed by atoms with Gasteiger partial charge in [-0.2, -0.15) is 0 Å². The molecule has 1 aliphatic heterocycles. The number of nitrogens with zero attached hydrogens (tertiary/aromatic N) is 3. The summed E-state index contributed by atoms with van der Waals surface area (Å²) in [7, 11) is 5.93. The average molecular weight is 248 g/mol. The quantitative estimate of drug-likeness (QED) is 0.863. The van der Waals surface area contributed by atoms with Gasteiger partial charge in [0.25, 0.3) is 5.91 Å². The Morgan fingerprint density at radius 3 is 2.78 bits per heavy atom. The van der Waals surface area contributed by atoms with Crippen molar-refractivity contribution < 1.29 is 4.79 Å². The van der Waals surface area contributed by atoms with Crippen LogP contribution in [0.4, 0.5) is 5.82 Å². The van der Waals surface area contributed by atoms with E-state index >= 15 is 0 Å². The molecule has 0 aromatic carbocycles. The maximum Gasteiger partial charge on any atom is 0.255 e. The maximum absolute atomic E-state index is 12.3. The van der Waals surface area contributed by atoms with Gasteiger partial charge in [0.1, 0.15) is 5.82 Å². The summed E-state index contributed by atoms with van der Waals surface area (Å²) in [5.74, 6) is 0.855. The summed E-state index contributed by atoms with van der Waals surface area (Å²) in [5, 5.41) is 2.94. The molecule has 0 spiro atoms. The molecule has 0 radical (unpaired) electrons. The number of nitrogens with one attached hydrogen (secondary N) is 1. The Morgan fingerprint density at radius 2 is 2.28 bits per heavy atom. The van der Waals surface area contributed by atoms with Crippen LogP contribution >= 0.6 is 0 Å². The fraction of sp³-hybridized carbons (Fsp3) is 0.538. The van der Waals surface area contributed by atoms with E-state index in [2.05, 4.69) is 29.3 Å². The summed E-state index contributed by atoms with van der Waals surface area (Å²) in [6, 6.07) is 4.12. The molecule has 1 fully saturated rings. The Bertz CT molecular complexity index is 416. The van der Waals surface area contributed by atoms with Crippen LogP contribution < -0.4 is 5.32 Å². The predicted molar refractivity (Wildman–Crippen MR) is 71.8 cm³/mol. The van der Waals surface area contributed by atoms with Gasteiger partial charge in [-0.05, 0) is 32.6 Å². The largest absolute Gasteiger partial charge is 0.373 e. The van der Waals surface area contributed by atoms with E-state index in [9.17, 15) is 4.79 Å². The number of rotatable bonds is 3. The highest BCUT2D eigenvalue weighted by Crippen LogP contribution is 2.16. The minimum atomic E-state index is 0.0782. The number of carbonyl (C=O) groups excluding carboxylic acids is 1. The third-order valence-corrected chi connectivity index (χ3v) is 3.45. The Labute approximate surface area is 108 Å². The predicted octanol–water partition coefficient (Wildman–Crippen LogP) is 0.899. The third-order valence-electron chi connectivity index (χ3n) is 3.45. The molecule has 1 aromatic heterocycles. The lowest BCUT2D eigenvalue weighted by molar-refractivity contribution is 0.0782. The molecule has 1 N–H and O–H groups in total. The first kappa shape index (κ1) is 12.8. The van der Waals surface area contributed by atoms with E-state index in [-0.39, 0.29) is 5.91 Å². The lowest BCUT2D eigenvalue weighted by Gasteiger charge is -2.20. The van der Waals surface area contributed by atoms with Gasteiger partial charge in [-0.3, -0.25) is 4.79 Å². The van der Waals surface area contributed by atoms with E-state index in [1.807, 2.05) is 24.1 Å². The van der Waals surface area contributed by atoms with Gasteiger partial charge in [-0.15, -0.1) is 0 Å². The Kier molecular flexibility index (Phi) is 3.81. The van der Waals surface area contributed by atoms with Crippen LogP contribution in [0.2, 0.25) is 0 Å². The van der Waals surface area contributed by atoms with Crippen molar-refractivity contribution in [3.63, 3.8) is 0 Å². The zero-order valence-electron chi connectivity index (χ0n) is 11.2. The standard InChI is InChI=1S/C13H20N4O/c1-14-12-5-4-10(8-15-12)13(18)17-7-6-11(9-17)16(2)3/h4-5,8,11H,6-7,9H2,1-3H3,(H,14,15). The van der Waals surface area contributed by atoms with Crippen molar-refractivity contribution in [3.05, 3.63) is 23.9 Å². The Hall–Kier alpha value is -1.62. The zero-order chi connectivity index (χ0) is 13.1. The number of anilines is 1. The van der Waals surface area contributed by atoms with Crippen LogP contribution in [0.3, 0.4) is 0 Å². The lowest BCUT2D eigenvalue weighted by Crippen LogP contribution is -2.34. The molecule has 2 heterocycles. The minimum Gasteiger partial charge on any atom is -0.373 e. The van der Waals surface area contributed by atoms with Crippen LogP contribution in [0, 0.1) is 0 Å². The first-order valence-electron chi connectivity index (χ1n) is 6.21. The summed E-state index contributed by atoms with van der Waals surface area (Å²) >= 11 is 0. The molecular formula is C13H20N4O. The van der Waals surface area contributed by atoms with Crippen LogP contribution in [-0.2, 0) is 0 Å². The third kappa shape index (κ3) is 2.61. The monoisotopic (exact) mass is 248 g/mol. The van der Waals surface area contributed by atoms with Crippen molar-refractivity contribution in [1.29, 1.82) is 0 Å². The van der Waals surface area contributed by atoms with Crippen LogP contribution in [0.25, 0.3) is 0 Å². The molecule has 18 heavy (non-hydrogen) atoms. The van der Waals surface area contributed by atoms with Crippen molar-refractivity contribution in [2.24, 2.45) is 0 Å². The van der Waals surface area contributed by atoms with E-state index < -0.39 is 0 Å². The highest BCUT2D eigenvalue weighted by Gasteiger charge is 2.28. The van der Waals surface area contributed by atoms with Crippen molar-refractivity contribution in [3.8, 4) is 0 Å². The van der Waals surface area contributed by atoms with Crippen LogP contribution in [0.5, 0.6) is 0 Å². The van der Waals surface area contributed by atoms with Crippen molar-refractivity contribution >= 4 is 11.7 Å². The summed E-state index contributed by atoms with van der Waals surface area (Å²) in [4.78, 5) is 20.5. The number of amides is 1. The first-order valence-corrected chi connectivity index (χ1v) is 6.21. The van der Waals surface area contributed by atoms with Crippen LogP contribution in [0.15, 0.2) is 18.3 Å². The highest BCUT2D eigenvalue weighted by molar-refractivity contribution is 5.94. The van der Waals surface area contributed by atoms with E-state index in [0.29, 0.717) is 11.6 Å². The summed E-state index contributed by atoms with van der Waals surface area (Å²) in [5.41, 5.74) is 0.661. The number of likely N-dealkylation sites (tertiary alicyclic amines) is 1. The molecule has 1 amide bonds. The average Bonchev–Trinajstić information content (AvgIpc) is 2.88. The molecular weight excluding hydrogens is 228 g/mol. The molecule has 5 heteroatoms. The SMILES string of the molecule is CNc1ccc(C(=O)N2CCC(N(C)C)C2)cn1. The maximum atomic E-state index is 12.3. The smallest absolute Gasteiger partial charge is 0.255 e. The number of likely N-dealkylation sites (N-methyl/N-ethyl adjacent to an activating group) is 1. The van der Waals surface area contributed by atoms with Gasteiger partial charge in [0.2, 0.25) is 0 Å². The number of hydrogen-bond acceptors (Lipinski definition) is 4. The number of hydrogen-bond donors (Lipinski definition) is 1. The van der Waals surface area contributed by atoms with Crippen molar-refractivity contribution in [2.45, 2.75) is 12.5 Å². The Morgan fingerprint density at radius 1 is 1.50 bits per heavy atom. The van der Waals surface area contributed by atoms with Gasteiger partial charge < -0.3 is 15.1 Å². The second kappa shape index (κ2) is 5.35. The van der Waals surface area contributed by atoms with E-state index in [4.69, 9.17) is 0 Å². The molecule has 0 bridgehead atoms. The molecule has 1 saturated heterocycles. The molecule has 2 rings (SSSR count). The van der Waals surface area contributed by atoms with Crippen molar-refractivity contribution in [1.82, 2.24) is 14.8 Å². The normalized spacial score (nSPS) is 19.3. The highest BCUT2D eigenvalue weighted by atomic mass is 16.2. The second-order valence-electron chi connectivity index (χ2n) is 4.84. The van der Waals surface area contributed by atoms with Gasteiger partial charge in [0, 0.05) is 32.4 Å². The van der Waals surface area contributed by atoms with Crippen LogP contribution in [-0.4, -0.2) is 61.0 Å². The summed E-state index contributed by atoms with van der Waals surface area (Å²) in [6.07, 6.45) is 2.68. The lowest BCUT2D eigenvalue weighted by atomic mass is 10.2. The van der Waals surface area contributed by atoms with E-state index in [0.717, 1.165) is 25.3 Å². The van der Waals surface area contributed by atoms with E-state index in [1.165, 1.54) is 0 Å². The topological polar surface area (TPSA) is 48.5 Å². The molecule has 1 unspecified atom stereocenters. The molecule has 0 saturated carbocycles. The fourth-order valence-corrected chi connectivity index (χ4v) is 2.20. The number of aromatic nitrogens is 1. The van der Waals surface area contributed by atoms with Gasteiger partial charge in [0.15, 0.2) is 0 Å². The van der Waals surface area contributed by atoms with Crippen molar-refractivity contribution in [2.75, 3.05) is 39.5 Å². The molecule has 1 atom stereocenters. The van der Waals surface area contributed by atoms with Gasteiger partial charge >= 0.3 is 0 Å². The first-order chi connectivity index (χ1) is 8.61. The number of pyridine rings is 1. The minimum absolute atomic E-state index is 0.0782. The molecule has 5 nitrogen and oxygen atoms in total. The summed E-state index contributed by atoms with van der Waals surface area (Å²) < 4.78 is 0. The second-order valence-corrected chi connectivity index (χ2v) is 4.84. The Balaban J connectivity index is 2.03. The number of carbonyl (C=O) groups is 1. The van der Waals surface area contributed by atoms with E-state index in [1.54, 1.807) is 6.20 Å². The molecule has 0 aliphatic carbocycles. The summed E-state index contributed by atoms with van der Waals surface area (Å²) in [6.45, 7) is 1.63.